The first-order valence-corrected chi connectivity index (χ1v) is 16.0. The van der Waals surface area contributed by atoms with Crippen LogP contribution in [-0.4, -0.2) is 61.1 Å². The van der Waals surface area contributed by atoms with E-state index < -0.39 is 32.7 Å². The van der Waals surface area contributed by atoms with Crippen LogP contribution in [0, 0.1) is 12.3 Å². The normalized spacial score (nSPS) is 21.7. The number of aryl methyl sites for hydroxylation is 1. The van der Waals surface area contributed by atoms with Gasteiger partial charge in [-0.3, -0.25) is 9.52 Å². The Hall–Kier alpha value is -3.42. The quantitative estimate of drug-likeness (QED) is 0.364. The number of benzene rings is 1. The second-order valence-corrected chi connectivity index (χ2v) is 14.3. The van der Waals surface area contributed by atoms with Gasteiger partial charge in [0.2, 0.25) is 16.0 Å². The molecule has 6 rings (SSSR count). The minimum atomic E-state index is -4.16. The Balaban J connectivity index is 1.26. The number of carbonyl (C=O) groups is 1. The first-order chi connectivity index (χ1) is 20.3. The summed E-state index contributed by atoms with van der Waals surface area (Å²) in [6.45, 7) is 3.29. The molecule has 4 aliphatic rings. The van der Waals surface area contributed by atoms with Gasteiger partial charge in [-0.15, -0.1) is 0 Å². The summed E-state index contributed by atoms with van der Waals surface area (Å²) in [6.07, 6.45) is 2.31. The molecule has 1 amide bonds. The summed E-state index contributed by atoms with van der Waals surface area (Å²) in [4.78, 5) is 26.2. The van der Waals surface area contributed by atoms with E-state index in [9.17, 15) is 30.8 Å². The van der Waals surface area contributed by atoms with Gasteiger partial charge in [-0.05, 0) is 69.1 Å². The number of piperidine rings is 2. The van der Waals surface area contributed by atoms with E-state index in [1.807, 2.05) is 0 Å². The molecule has 43 heavy (non-hydrogen) atoms. The third-order valence-corrected chi connectivity index (χ3v) is 11.2. The zero-order valence-electron chi connectivity index (χ0n) is 23.8. The lowest BCUT2D eigenvalue weighted by Gasteiger charge is -2.35. The van der Waals surface area contributed by atoms with Crippen LogP contribution in [0.1, 0.15) is 67.4 Å². The minimum Gasteiger partial charge on any atom is -0.371 e. The van der Waals surface area contributed by atoms with Crippen LogP contribution in [0.15, 0.2) is 36.4 Å². The molecule has 9 nitrogen and oxygen atoms in total. The number of nitrogens with zero attached hydrogens (tertiary/aromatic N) is 4. The molecule has 2 saturated heterocycles. The molecule has 232 valence electrons. The summed E-state index contributed by atoms with van der Waals surface area (Å²) < 4.78 is 80.3. The van der Waals surface area contributed by atoms with Crippen LogP contribution >= 0.6 is 0 Å². The van der Waals surface area contributed by atoms with E-state index in [4.69, 9.17) is 0 Å². The van der Waals surface area contributed by atoms with E-state index in [2.05, 4.69) is 24.9 Å². The Kier molecular flexibility index (Phi) is 7.33. The summed E-state index contributed by atoms with van der Waals surface area (Å²) in [6, 6.07) is 6.12. The summed E-state index contributed by atoms with van der Waals surface area (Å²) in [7, 11) is -4.16. The summed E-state index contributed by atoms with van der Waals surface area (Å²) >= 11 is 0. The summed E-state index contributed by atoms with van der Waals surface area (Å²) in [5.74, 6) is -2.73. The van der Waals surface area contributed by atoms with Crippen molar-refractivity contribution in [2.24, 2.45) is 5.41 Å². The minimum absolute atomic E-state index is 0.0941. The predicted molar refractivity (Wildman–Crippen MR) is 155 cm³/mol. The molecule has 2 aliphatic heterocycles. The Labute approximate surface area is 247 Å². The zero-order chi connectivity index (χ0) is 30.6. The molecule has 2 N–H and O–H groups in total. The highest BCUT2D eigenvalue weighted by Crippen LogP contribution is 2.54. The molecule has 2 aliphatic carbocycles. The van der Waals surface area contributed by atoms with Gasteiger partial charge in [0, 0.05) is 56.9 Å². The lowest BCUT2D eigenvalue weighted by atomic mass is 9.93. The van der Waals surface area contributed by atoms with Crippen molar-refractivity contribution < 1.29 is 30.8 Å². The Morgan fingerprint density at radius 3 is 2.16 bits per heavy atom. The summed E-state index contributed by atoms with van der Waals surface area (Å²) in [5.41, 5.74) is 1.91. The highest BCUT2D eigenvalue weighted by Gasteiger charge is 2.54. The Morgan fingerprint density at radius 2 is 1.56 bits per heavy atom. The third-order valence-electron chi connectivity index (χ3n) is 9.13. The van der Waals surface area contributed by atoms with Gasteiger partial charge in [-0.2, -0.15) is 13.8 Å². The second kappa shape index (κ2) is 10.6. The number of alkyl halides is 2. The highest BCUT2D eigenvalue weighted by atomic mass is 32.2. The van der Waals surface area contributed by atoms with Crippen LogP contribution in [0.2, 0.25) is 0 Å². The molecular weight excluding hydrogens is 588 g/mol. The van der Waals surface area contributed by atoms with Crippen LogP contribution in [0.3, 0.4) is 0 Å². The SMILES string of the molecule is Cc1cc(NC(=O)c2ccc(NS(=O)(=O)C3(C=C(F)F)CC3)cc2N2CCC3(CC2)CC3)nc(N2CCC(F)(F)CC2)n1. The third kappa shape index (κ3) is 6.29. The number of aromatic nitrogens is 2. The highest BCUT2D eigenvalue weighted by molar-refractivity contribution is 7.94. The first-order valence-electron chi connectivity index (χ1n) is 14.5. The lowest BCUT2D eigenvalue weighted by Crippen LogP contribution is -2.40. The fraction of sp³-hybridized carbons (Fsp3) is 0.552. The van der Waals surface area contributed by atoms with E-state index in [0.29, 0.717) is 41.5 Å². The maximum absolute atomic E-state index is 13.7. The van der Waals surface area contributed by atoms with Crippen LogP contribution in [0.5, 0.6) is 0 Å². The van der Waals surface area contributed by atoms with E-state index >= 15 is 0 Å². The fourth-order valence-electron chi connectivity index (χ4n) is 5.99. The van der Waals surface area contributed by atoms with Crippen molar-refractivity contribution in [1.82, 2.24) is 9.97 Å². The van der Waals surface area contributed by atoms with Crippen molar-refractivity contribution in [1.29, 1.82) is 0 Å². The molecule has 0 atom stereocenters. The average Bonchev–Trinajstić information content (AvgIpc) is 3.86. The molecule has 0 unspecified atom stereocenters. The van der Waals surface area contributed by atoms with E-state index in [0.717, 1.165) is 12.8 Å². The van der Waals surface area contributed by atoms with Crippen LogP contribution < -0.4 is 19.8 Å². The molecule has 3 heterocycles. The molecule has 14 heteroatoms. The number of halogens is 4. The predicted octanol–water partition coefficient (Wildman–Crippen LogP) is 5.71. The van der Waals surface area contributed by atoms with Crippen molar-refractivity contribution in [2.45, 2.75) is 69.0 Å². The van der Waals surface area contributed by atoms with Gasteiger partial charge in [0.05, 0.1) is 16.9 Å². The van der Waals surface area contributed by atoms with Crippen molar-refractivity contribution in [3.63, 3.8) is 0 Å². The standard InChI is InChI=1S/C29H34F4N6O3S/c1-19-16-24(36-26(34-19)39-14-10-29(32,33)11-15-39)35-25(40)21-3-2-20(37-43(41,42)28(6-7-28)18-23(30)31)17-22(21)38-12-8-27(4-5-27)9-13-38/h2-3,16-18,37H,4-15H2,1H3,(H,34,35,36,40). The van der Waals surface area contributed by atoms with Gasteiger partial charge in [-0.25, -0.2) is 22.2 Å². The van der Waals surface area contributed by atoms with Gasteiger partial charge < -0.3 is 15.1 Å². The van der Waals surface area contributed by atoms with Crippen molar-refractivity contribution in [2.75, 3.05) is 46.0 Å². The van der Waals surface area contributed by atoms with Crippen LogP contribution in [-0.2, 0) is 10.0 Å². The van der Waals surface area contributed by atoms with Gasteiger partial charge in [0.25, 0.3) is 17.9 Å². The summed E-state index contributed by atoms with van der Waals surface area (Å²) in [5, 5.41) is 2.81. The number of nitrogens with one attached hydrogen (secondary N) is 2. The second-order valence-electron chi connectivity index (χ2n) is 12.3. The Bertz CT molecular complexity index is 1550. The van der Waals surface area contributed by atoms with Crippen molar-refractivity contribution in [3.05, 3.63) is 47.7 Å². The molecular formula is C29H34F4N6O3S. The van der Waals surface area contributed by atoms with Crippen molar-refractivity contribution in [3.8, 4) is 0 Å². The maximum atomic E-state index is 13.7. The molecule has 0 radical (unpaired) electrons. The topological polar surface area (TPSA) is 108 Å². The molecule has 2 saturated carbocycles. The molecule has 4 fully saturated rings. The maximum Gasteiger partial charge on any atom is 0.267 e. The van der Waals surface area contributed by atoms with Crippen molar-refractivity contribution >= 4 is 39.1 Å². The number of anilines is 4. The number of hydrogen-bond acceptors (Lipinski definition) is 7. The number of carbonyl (C=O) groups excluding carboxylic acids is 1. The van der Waals surface area contributed by atoms with E-state index in [1.165, 1.54) is 25.0 Å². The lowest BCUT2D eigenvalue weighted by molar-refractivity contribution is -0.0222. The molecule has 1 spiro atoms. The molecule has 2 aromatic rings. The zero-order valence-corrected chi connectivity index (χ0v) is 24.6. The Morgan fingerprint density at radius 1 is 0.907 bits per heavy atom. The van der Waals surface area contributed by atoms with Crippen LogP contribution in [0.4, 0.5) is 40.7 Å². The van der Waals surface area contributed by atoms with Gasteiger partial charge >= 0.3 is 0 Å². The number of hydrogen-bond donors (Lipinski definition) is 2. The fourth-order valence-corrected chi connectivity index (χ4v) is 7.52. The first kappa shape index (κ1) is 29.6. The van der Waals surface area contributed by atoms with E-state index in [1.54, 1.807) is 24.0 Å². The monoisotopic (exact) mass is 622 g/mol. The number of rotatable bonds is 8. The smallest absolute Gasteiger partial charge is 0.267 e. The number of sulfonamides is 1. The molecule has 0 bridgehead atoms. The molecule has 1 aromatic carbocycles. The van der Waals surface area contributed by atoms with Gasteiger partial charge in [-0.1, -0.05) is 0 Å². The average molecular weight is 623 g/mol. The van der Waals surface area contributed by atoms with E-state index in [-0.39, 0.29) is 56.2 Å². The van der Waals surface area contributed by atoms with Gasteiger partial charge in [0.15, 0.2) is 0 Å². The van der Waals surface area contributed by atoms with Gasteiger partial charge in [0.1, 0.15) is 10.6 Å². The van der Waals surface area contributed by atoms with Crippen LogP contribution in [0.25, 0.3) is 0 Å². The number of amides is 1. The largest absolute Gasteiger partial charge is 0.371 e. The molecule has 1 aromatic heterocycles.